The first-order chi connectivity index (χ1) is 10.2. The molecular weight excluding hydrogens is 268 g/mol. The number of carbonyl (C=O) groups excluding carboxylic acids is 1. The Balaban J connectivity index is 2.44. The van der Waals surface area contributed by atoms with Crippen LogP contribution in [0.15, 0.2) is 18.6 Å². The number of amides is 1. The van der Waals surface area contributed by atoms with E-state index in [1.165, 1.54) is 6.33 Å². The molecule has 0 aliphatic heterocycles. The molecule has 112 valence electrons. The second kappa shape index (κ2) is 6.83. The smallest absolute Gasteiger partial charge is 0.271 e. The average molecular weight is 288 g/mol. The summed E-state index contributed by atoms with van der Waals surface area (Å²) >= 11 is 0. The van der Waals surface area contributed by atoms with Gasteiger partial charge >= 0.3 is 0 Å². The SMILES string of the molecule is CCCc1c(NCC)ncnc1-n1ccc(C(=O)NC)n1. The first-order valence-corrected chi connectivity index (χ1v) is 7.07. The molecule has 0 aromatic carbocycles. The Morgan fingerprint density at radius 3 is 2.81 bits per heavy atom. The summed E-state index contributed by atoms with van der Waals surface area (Å²) in [6.07, 6.45) is 5.06. The second-order valence-corrected chi connectivity index (χ2v) is 4.53. The molecule has 2 aromatic rings. The highest BCUT2D eigenvalue weighted by Crippen LogP contribution is 2.20. The van der Waals surface area contributed by atoms with Gasteiger partial charge in [-0.25, -0.2) is 14.6 Å². The summed E-state index contributed by atoms with van der Waals surface area (Å²) in [5, 5.41) is 10.1. The Hall–Kier alpha value is -2.44. The lowest BCUT2D eigenvalue weighted by Gasteiger charge is -2.12. The zero-order valence-corrected chi connectivity index (χ0v) is 12.6. The fourth-order valence-electron chi connectivity index (χ4n) is 2.09. The molecule has 0 fully saturated rings. The normalized spacial score (nSPS) is 10.4. The molecule has 0 spiro atoms. The highest BCUT2D eigenvalue weighted by Gasteiger charge is 2.14. The van der Waals surface area contributed by atoms with Gasteiger partial charge in [0.15, 0.2) is 11.5 Å². The highest BCUT2D eigenvalue weighted by molar-refractivity contribution is 5.91. The predicted octanol–water partition coefficient (Wildman–Crippen LogP) is 1.41. The van der Waals surface area contributed by atoms with Crippen molar-refractivity contribution in [3.05, 3.63) is 29.8 Å². The van der Waals surface area contributed by atoms with Crippen molar-refractivity contribution in [2.45, 2.75) is 26.7 Å². The number of rotatable bonds is 6. The van der Waals surface area contributed by atoms with Crippen molar-refractivity contribution in [2.24, 2.45) is 0 Å². The standard InChI is InChI=1S/C14H20N6O/c1-4-6-10-12(16-5-2)17-9-18-13(10)20-8-7-11(19-20)14(21)15-3/h7-9H,4-6H2,1-3H3,(H,15,21)(H,16,17,18). The fraction of sp³-hybridized carbons (Fsp3) is 0.429. The van der Waals surface area contributed by atoms with E-state index in [0.717, 1.165) is 30.8 Å². The quantitative estimate of drug-likeness (QED) is 0.839. The number of hydrogen-bond donors (Lipinski definition) is 2. The van der Waals surface area contributed by atoms with E-state index in [1.807, 2.05) is 6.92 Å². The summed E-state index contributed by atoms with van der Waals surface area (Å²) in [6, 6.07) is 1.67. The summed E-state index contributed by atoms with van der Waals surface area (Å²) in [4.78, 5) is 20.2. The lowest BCUT2D eigenvalue weighted by Crippen LogP contribution is -2.19. The number of nitrogens with one attached hydrogen (secondary N) is 2. The second-order valence-electron chi connectivity index (χ2n) is 4.53. The van der Waals surface area contributed by atoms with Crippen molar-refractivity contribution in [3.63, 3.8) is 0 Å². The molecule has 7 nitrogen and oxygen atoms in total. The molecule has 0 aliphatic rings. The van der Waals surface area contributed by atoms with Crippen LogP contribution in [0.1, 0.15) is 36.3 Å². The van der Waals surface area contributed by atoms with Crippen molar-refractivity contribution >= 4 is 11.7 Å². The molecule has 2 N–H and O–H groups in total. The summed E-state index contributed by atoms with van der Waals surface area (Å²) in [7, 11) is 1.58. The first-order valence-electron chi connectivity index (χ1n) is 7.07. The van der Waals surface area contributed by atoms with E-state index in [1.54, 1.807) is 24.0 Å². The number of carbonyl (C=O) groups is 1. The fourth-order valence-corrected chi connectivity index (χ4v) is 2.09. The minimum absolute atomic E-state index is 0.216. The van der Waals surface area contributed by atoms with Crippen molar-refractivity contribution in [3.8, 4) is 5.82 Å². The van der Waals surface area contributed by atoms with Crippen LogP contribution in [0.5, 0.6) is 0 Å². The maximum absolute atomic E-state index is 11.6. The molecule has 0 saturated heterocycles. The molecule has 2 rings (SSSR count). The average Bonchev–Trinajstić information content (AvgIpc) is 2.98. The van der Waals surface area contributed by atoms with Crippen molar-refractivity contribution in [2.75, 3.05) is 18.9 Å². The number of nitrogens with zero attached hydrogens (tertiary/aromatic N) is 4. The Morgan fingerprint density at radius 2 is 2.14 bits per heavy atom. The van der Waals surface area contributed by atoms with Gasteiger partial charge in [0.25, 0.3) is 5.91 Å². The van der Waals surface area contributed by atoms with E-state index in [4.69, 9.17) is 0 Å². The topological polar surface area (TPSA) is 84.7 Å². The van der Waals surface area contributed by atoms with Crippen LogP contribution in [-0.2, 0) is 6.42 Å². The van der Waals surface area contributed by atoms with E-state index < -0.39 is 0 Å². The third kappa shape index (κ3) is 3.18. The summed E-state index contributed by atoms with van der Waals surface area (Å²) < 4.78 is 1.62. The summed E-state index contributed by atoms with van der Waals surface area (Å²) in [5.41, 5.74) is 1.37. The number of anilines is 1. The van der Waals surface area contributed by atoms with Crippen molar-refractivity contribution < 1.29 is 4.79 Å². The first kappa shape index (κ1) is 15.0. The minimum Gasteiger partial charge on any atom is -0.370 e. The Labute approximate surface area is 123 Å². The number of hydrogen-bond acceptors (Lipinski definition) is 5. The monoisotopic (exact) mass is 288 g/mol. The summed E-state index contributed by atoms with van der Waals surface area (Å²) in [5.74, 6) is 1.31. The number of aromatic nitrogens is 4. The van der Waals surface area contributed by atoms with Gasteiger partial charge in [-0.1, -0.05) is 13.3 Å². The molecule has 7 heteroatoms. The zero-order chi connectivity index (χ0) is 15.2. The Bertz CT molecular complexity index is 622. The maximum atomic E-state index is 11.6. The largest absolute Gasteiger partial charge is 0.370 e. The molecule has 0 saturated carbocycles. The van der Waals surface area contributed by atoms with E-state index >= 15 is 0 Å². The van der Waals surface area contributed by atoms with Crippen LogP contribution >= 0.6 is 0 Å². The molecule has 0 radical (unpaired) electrons. The van der Waals surface area contributed by atoms with Gasteiger partial charge in [0.2, 0.25) is 0 Å². The Kier molecular flexibility index (Phi) is 4.86. The highest BCUT2D eigenvalue weighted by atomic mass is 16.1. The molecular formula is C14H20N6O. The molecule has 0 bridgehead atoms. The van der Waals surface area contributed by atoms with Crippen LogP contribution in [0.2, 0.25) is 0 Å². The predicted molar refractivity (Wildman–Crippen MR) is 80.7 cm³/mol. The van der Waals surface area contributed by atoms with Crippen LogP contribution in [0.3, 0.4) is 0 Å². The van der Waals surface area contributed by atoms with Crippen LogP contribution < -0.4 is 10.6 Å². The van der Waals surface area contributed by atoms with Crippen LogP contribution in [0.4, 0.5) is 5.82 Å². The van der Waals surface area contributed by atoms with E-state index in [0.29, 0.717) is 11.5 Å². The molecule has 21 heavy (non-hydrogen) atoms. The van der Waals surface area contributed by atoms with Gasteiger partial charge in [0.05, 0.1) is 0 Å². The van der Waals surface area contributed by atoms with Gasteiger partial charge in [0.1, 0.15) is 12.1 Å². The van der Waals surface area contributed by atoms with Gasteiger partial charge in [0, 0.05) is 25.4 Å². The Morgan fingerprint density at radius 1 is 1.33 bits per heavy atom. The van der Waals surface area contributed by atoms with Crippen LogP contribution in [-0.4, -0.2) is 39.2 Å². The van der Waals surface area contributed by atoms with Gasteiger partial charge < -0.3 is 10.6 Å². The molecule has 0 atom stereocenters. The van der Waals surface area contributed by atoms with E-state index in [-0.39, 0.29) is 5.91 Å². The van der Waals surface area contributed by atoms with E-state index in [2.05, 4.69) is 32.6 Å². The van der Waals surface area contributed by atoms with Crippen LogP contribution in [0, 0.1) is 0 Å². The van der Waals surface area contributed by atoms with Gasteiger partial charge in [-0.3, -0.25) is 4.79 Å². The molecule has 2 aromatic heterocycles. The molecule has 1 amide bonds. The lowest BCUT2D eigenvalue weighted by atomic mass is 10.1. The van der Waals surface area contributed by atoms with E-state index in [9.17, 15) is 4.79 Å². The van der Waals surface area contributed by atoms with Crippen molar-refractivity contribution in [1.29, 1.82) is 0 Å². The van der Waals surface area contributed by atoms with Gasteiger partial charge in [-0.2, -0.15) is 5.10 Å². The molecule has 0 unspecified atom stereocenters. The van der Waals surface area contributed by atoms with Gasteiger partial charge in [-0.15, -0.1) is 0 Å². The molecule has 2 heterocycles. The maximum Gasteiger partial charge on any atom is 0.271 e. The third-order valence-electron chi connectivity index (χ3n) is 3.03. The summed E-state index contributed by atoms with van der Waals surface area (Å²) in [6.45, 7) is 4.91. The molecule has 0 aliphatic carbocycles. The minimum atomic E-state index is -0.216. The third-order valence-corrected chi connectivity index (χ3v) is 3.03. The lowest BCUT2D eigenvalue weighted by molar-refractivity contribution is 0.0957. The van der Waals surface area contributed by atoms with Crippen LogP contribution in [0.25, 0.3) is 5.82 Å². The van der Waals surface area contributed by atoms with Gasteiger partial charge in [-0.05, 0) is 19.4 Å². The zero-order valence-electron chi connectivity index (χ0n) is 12.6. The van der Waals surface area contributed by atoms with Crippen molar-refractivity contribution in [1.82, 2.24) is 25.1 Å².